The number of aliphatic hydroxyl groups excluding tert-OH is 1. The van der Waals surface area contributed by atoms with Crippen LogP contribution in [-0.2, 0) is 9.57 Å². The number of aliphatic hydroxyl groups is 1. The van der Waals surface area contributed by atoms with Crippen molar-refractivity contribution in [3.05, 3.63) is 0 Å². The van der Waals surface area contributed by atoms with Crippen LogP contribution in [0.1, 0.15) is 20.8 Å². The van der Waals surface area contributed by atoms with Crippen LogP contribution in [0, 0.1) is 0 Å². The number of carbonyl (C=O) groups is 1. The first kappa shape index (κ1) is 10.3. The molecule has 5 heteroatoms. The van der Waals surface area contributed by atoms with E-state index in [0.717, 1.165) is 0 Å². The van der Waals surface area contributed by atoms with Crippen LogP contribution in [0.2, 0.25) is 0 Å². The summed E-state index contributed by atoms with van der Waals surface area (Å²) < 4.78 is 4.89. The number of hydroxylamine groups is 2. The van der Waals surface area contributed by atoms with Gasteiger partial charge >= 0.3 is 6.09 Å². The predicted molar refractivity (Wildman–Crippen MR) is 44.9 cm³/mol. The first-order valence-electron chi connectivity index (χ1n) is 4.20. The van der Waals surface area contributed by atoms with Crippen molar-refractivity contribution in [3.63, 3.8) is 0 Å². The SMILES string of the molecule is CC(C)(C)N1OCC(CO)OC1=O. The van der Waals surface area contributed by atoms with E-state index in [-0.39, 0.29) is 13.2 Å². The van der Waals surface area contributed by atoms with Gasteiger partial charge in [-0.3, -0.25) is 4.84 Å². The van der Waals surface area contributed by atoms with Crippen LogP contribution in [-0.4, -0.2) is 41.1 Å². The van der Waals surface area contributed by atoms with Gasteiger partial charge in [0.2, 0.25) is 0 Å². The Morgan fingerprint density at radius 2 is 2.23 bits per heavy atom. The van der Waals surface area contributed by atoms with E-state index in [2.05, 4.69) is 0 Å². The minimum atomic E-state index is -0.544. The van der Waals surface area contributed by atoms with E-state index >= 15 is 0 Å². The zero-order valence-corrected chi connectivity index (χ0v) is 8.11. The van der Waals surface area contributed by atoms with Gasteiger partial charge in [0.1, 0.15) is 6.61 Å². The molecule has 1 atom stereocenters. The molecule has 0 aromatic heterocycles. The lowest BCUT2D eigenvalue weighted by atomic mass is 10.1. The van der Waals surface area contributed by atoms with E-state index < -0.39 is 17.7 Å². The fourth-order valence-electron chi connectivity index (χ4n) is 0.992. The molecule has 0 saturated carbocycles. The van der Waals surface area contributed by atoms with Crippen molar-refractivity contribution in [2.24, 2.45) is 0 Å². The summed E-state index contributed by atoms with van der Waals surface area (Å²) in [4.78, 5) is 16.4. The van der Waals surface area contributed by atoms with Crippen molar-refractivity contribution in [2.45, 2.75) is 32.4 Å². The molecule has 1 heterocycles. The Labute approximate surface area is 77.2 Å². The molecule has 1 amide bonds. The van der Waals surface area contributed by atoms with Crippen LogP contribution in [0.4, 0.5) is 4.79 Å². The lowest BCUT2D eigenvalue weighted by molar-refractivity contribution is -0.237. The summed E-state index contributed by atoms with van der Waals surface area (Å²) in [5, 5.41) is 9.90. The molecule has 1 fully saturated rings. The average molecular weight is 189 g/mol. The second kappa shape index (κ2) is 3.51. The van der Waals surface area contributed by atoms with E-state index in [1.165, 1.54) is 5.06 Å². The largest absolute Gasteiger partial charge is 0.440 e. The minimum Gasteiger partial charge on any atom is -0.440 e. The van der Waals surface area contributed by atoms with Gasteiger partial charge in [-0.2, -0.15) is 5.06 Å². The molecule has 0 spiro atoms. The summed E-state index contributed by atoms with van der Waals surface area (Å²) in [6.45, 7) is 5.53. The highest BCUT2D eigenvalue weighted by molar-refractivity contribution is 5.67. The monoisotopic (exact) mass is 189 g/mol. The van der Waals surface area contributed by atoms with Crippen LogP contribution in [0.5, 0.6) is 0 Å². The molecule has 13 heavy (non-hydrogen) atoms. The normalized spacial score (nSPS) is 24.5. The molecule has 0 aromatic carbocycles. The zero-order valence-electron chi connectivity index (χ0n) is 8.11. The van der Waals surface area contributed by atoms with Gasteiger partial charge in [0.25, 0.3) is 0 Å². The standard InChI is InChI=1S/C8H15NO4/c1-8(2,3)9-7(11)13-6(4-10)5-12-9/h6,10H,4-5H2,1-3H3. The van der Waals surface area contributed by atoms with E-state index in [1.807, 2.05) is 20.8 Å². The van der Waals surface area contributed by atoms with Crippen molar-refractivity contribution >= 4 is 6.09 Å². The number of nitrogens with zero attached hydrogens (tertiary/aromatic N) is 1. The Balaban J connectivity index is 2.59. The quantitative estimate of drug-likeness (QED) is 0.653. The second-order valence-electron chi connectivity index (χ2n) is 3.95. The first-order valence-corrected chi connectivity index (χ1v) is 4.20. The van der Waals surface area contributed by atoms with Crippen LogP contribution in [0.3, 0.4) is 0 Å². The highest BCUT2D eigenvalue weighted by atomic mass is 16.8. The Morgan fingerprint density at radius 1 is 1.62 bits per heavy atom. The zero-order chi connectivity index (χ0) is 10.1. The lowest BCUT2D eigenvalue weighted by Gasteiger charge is -2.38. The number of rotatable bonds is 1. The third kappa shape index (κ3) is 2.32. The molecule has 0 aliphatic carbocycles. The van der Waals surface area contributed by atoms with E-state index in [4.69, 9.17) is 14.7 Å². The Bertz CT molecular complexity index is 199. The number of ether oxygens (including phenoxy) is 1. The number of cyclic esters (lactones) is 1. The molecule has 1 aliphatic heterocycles. The summed E-state index contributed by atoms with van der Waals surface area (Å²) in [7, 11) is 0. The van der Waals surface area contributed by atoms with Crippen molar-refractivity contribution < 1.29 is 19.5 Å². The third-order valence-electron chi connectivity index (χ3n) is 1.64. The first-order chi connectivity index (χ1) is 5.95. The minimum absolute atomic E-state index is 0.205. The lowest BCUT2D eigenvalue weighted by Crippen LogP contribution is -2.52. The molecule has 0 aromatic rings. The molecule has 1 N–H and O–H groups in total. The van der Waals surface area contributed by atoms with Gasteiger partial charge < -0.3 is 9.84 Å². The predicted octanol–water partition coefficient (Wildman–Crippen LogP) is 0.530. The summed E-state index contributed by atoms with van der Waals surface area (Å²) in [6.07, 6.45) is -1.08. The molecule has 1 saturated heterocycles. The Morgan fingerprint density at radius 3 is 2.62 bits per heavy atom. The summed E-state index contributed by atoms with van der Waals surface area (Å²) >= 11 is 0. The molecule has 1 unspecified atom stereocenters. The molecule has 1 aliphatic rings. The third-order valence-corrected chi connectivity index (χ3v) is 1.64. The fourth-order valence-corrected chi connectivity index (χ4v) is 0.992. The van der Waals surface area contributed by atoms with Crippen LogP contribution < -0.4 is 0 Å². The molecule has 76 valence electrons. The van der Waals surface area contributed by atoms with Crippen molar-refractivity contribution in [1.29, 1.82) is 0 Å². The number of carbonyl (C=O) groups excluding carboxylic acids is 1. The maximum Gasteiger partial charge on any atom is 0.434 e. The van der Waals surface area contributed by atoms with Crippen LogP contribution in [0.25, 0.3) is 0 Å². The summed E-state index contributed by atoms with van der Waals surface area (Å²) in [5.41, 5.74) is -0.419. The Hall–Kier alpha value is -0.810. The van der Waals surface area contributed by atoms with Crippen LogP contribution in [0.15, 0.2) is 0 Å². The van der Waals surface area contributed by atoms with Gasteiger partial charge in [-0.1, -0.05) is 0 Å². The van der Waals surface area contributed by atoms with Gasteiger partial charge in [-0.15, -0.1) is 0 Å². The van der Waals surface area contributed by atoms with Crippen molar-refractivity contribution in [3.8, 4) is 0 Å². The van der Waals surface area contributed by atoms with E-state index in [0.29, 0.717) is 0 Å². The molecule has 5 nitrogen and oxygen atoms in total. The molecular weight excluding hydrogens is 174 g/mol. The van der Waals surface area contributed by atoms with Crippen molar-refractivity contribution in [1.82, 2.24) is 5.06 Å². The van der Waals surface area contributed by atoms with E-state index in [9.17, 15) is 4.79 Å². The van der Waals surface area contributed by atoms with E-state index in [1.54, 1.807) is 0 Å². The summed E-state index contributed by atoms with van der Waals surface area (Å²) in [6, 6.07) is 0. The highest BCUT2D eigenvalue weighted by Crippen LogP contribution is 2.19. The summed E-state index contributed by atoms with van der Waals surface area (Å²) in [5.74, 6) is 0. The Kier molecular flexibility index (Phi) is 2.77. The number of hydrogen-bond acceptors (Lipinski definition) is 4. The van der Waals surface area contributed by atoms with Gasteiger partial charge in [0, 0.05) is 0 Å². The highest BCUT2D eigenvalue weighted by Gasteiger charge is 2.35. The van der Waals surface area contributed by atoms with Gasteiger partial charge in [0.15, 0.2) is 6.10 Å². The van der Waals surface area contributed by atoms with Crippen molar-refractivity contribution in [2.75, 3.05) is 13.2 Å². The average Bonchev–Trinajstić information content (AvgIpc) is 2.01. The van der Waals surface area contributed by atoms with Gasteiger partial charge in [0.05, 0.1) is 12.1 Å². The number of hydrogen-bond donors (Lipinski definition) is 1. The molecule has 1 rings (SSSR count). The van der Waals surface area contributed by atoms with Gasteiger partial charge in [-0.25, -0.2) is 4.79 Å². The van der Waals surface area contributed by atoms with Crippen LogP contribution >= 0.6 is 0 Å². The smallest absolute Gasteiger partial charge is 0.434 e. The maximum absolute atomic E-state index is 11.3. The molecular formula is C8H15NO4. The topological polar surface area (TPSA) is 59.0 Å². The molecule has 0 bridgehead atoms. The number of amides is 1. The fraction of sp³-hybridized carbons (Fsp3) is 0.875. The molecule has 0 radical (unpaired) electrons. The van der Waals surface area contributed by atoms with Gasteiger partial charge in [-0.05, 0) is 20.8 Å². The second-order valence-corrected chi connectivity index (χ2v) is 3.95. The maximum atomic E-state index is 11.3.